The molecule has 26 heavy (non-hydrogen) atoms. The van der Waals surface area contributed by atoms with Gasteiger partial charge in [-0.2, -0.15) is 4.68 Å². The summed E-state index contributed by atoms with van der Waals surface area (Å²) in [5, 5.41) is 12.5. The van der Waals surface area contributed by atoms with Crippen LogP contribution in [0.1, 0.15) is 19.8 Å². The first kappa shape index (κ1) is 17.5. The van der Waals surface area contributed by atoms with E-state index in [0.29, 0.717) is 10.9 Å². The highest BCUT2D eigenvalue weighted by Gasteiger charge is 2.26. The number of carbonyl (C=O) groups is 3. The van der Waals surface area contributed by atoms with E-state index in [1.165, 1.54) is 6.92 Å². The number of urea groups is 1. The van der Waals surface area contributed by atoms with Crippen LogP contribution >= 0.6 is 0 Å². The Kier molecular flexibility index (Phi) is 4.92. The minimum atomic E-state index is -1.20. The fourth-order valence-electron chi connectivity index (χ4n) is 2.20. The third-order valence-corrected chi connectivity index (χ3v) is 3.73. The van der Waals surface area contributed by atoms with Gasteiger partial charge in [0.2, 0.25) is 0 Å². The lowest BCUT2D eigenvalue weighted by atomic mass is 10.2. The molecule has 3 rings (SSSR count). The van der Waals surface area contributed by atoms with Crippen LogP contribution in [-0.4, -0.2) is 45.0 Å². The zero-order valence-electron chi connectivity index (χ0n) is 14.0. The van der Waals surface area contributed by atoms with Gasteiger partial charge in [-0.1, -0.05) is 17.3 Å². The summed E-state index contributed by atoms with van der Waals surface area (Å²) in [4.78, 5) is 47.6. The van der Waals surface area contributed by atoms with Crippen molar-refractivity contribution in [3.05, 3.63) is 34.6 Å². The van der Waals surface area contributed by atoms with E-state index in [9.17, 15) is 19.2 Å². The Labute approximate surface area is 147 Å². The lowest BCUT2D eigenvalue weighted by Crippen LogP contribution is -2.45. The van der Waals surface area contributed by atoms with Crippen molar-refractivity contribution in [2.45, 2.75) is 38.5 Å². The van der Waals surface area contributed by atoms with Crippen LogP contribution in [0.5, 0.6) is 0 Å². The number of benzene rings is 1. The molecule has 1 aromatic heterocycles. The molecule has 1 aromatic carbocycles. The van der Waals surface area contributed by atoms with Crippen molar-refractivity contribution >= 4 is 28.8 Å². The highest BCUT2D eigenvalue weighted by molar-refractivity contribution is 5.97. The summed E-state index contributed by atoms with van der Waals surface area (Å²) >= 11 is 0. The summed E-state index contributed by atoms with van der Waals surface area (Å²) in [5.41, 5.74) is -0.0787. The number of rotatable bonds is 5. The number of aromatic nitrogens is 3. The first-order valence-electron chi connectivity index (χ1n) is 8.07. The van der Waals surface area contributed by atoms with Crippen molar-refractivity contribution in [3.63, 3.8) is 0 Å². The monoisotopic (exact) mass is 359 g/mol. The smallest absolute Gasteiger partial charge is 0.328 e. The average Bonchev–Trinajstić information content (AvgIpc) is 3.41. The van der Waals surface area contributed by atoms with Gasteiger partial charge in [-0.05, 0) is 31.9 Å². The normalized spacial score (nSPS) is 14.5. The molecule has 0 radical (unpaired) electrons. The van der Waals surface area contributed by atoms with Crippen LogP contribution in [0.3, 0.4) is 0 Å². The number of hydrogen-bond acceptors (Lipinski definition) is 7. The number of hydrogen-bond donors (Lipinski definition) is 2. The van der Waals surface area contributed by atoms with Crippen molar-refractivity contribution < 1.29 is 19.1 Å². The second-order valence-corrected chi connectivity index (χ2v) is 5.94. The van der Waals surface area contributed by atoms with Gasteiger partial charge in [0, 0.05) is 6.04 Å². The van der Waals surface area contributed by atoms with E-state index in [4.69, 9.17) is 4.74 Å². The van der Waals surface area contributed by atoms with Gasteiger partial charge in [0.15, 0.2) is 6.10 Å². The molecule has 10 heteroatoms. The van der Waals surface area contributed by atoms with E-state index in [1.807, 2.05) is 0 Å². The Bertz CT molecular complexity index is 921. The topological polar surface area (TPSA) is 132 Å². The number of fused-ring (bicyclic) bond motifs is 1. The second-order valence-electron chi connectivity index (χ2n) is 5.94. The molecule has 1 atom stereocenters. The quantitative estimate of drug-likeness (QED) is 0.701. The summed E-state index contributed by atoms with van der Waals surface area (Å²) in [7, 11) is 0. The predicted octanol–water partition coefficient (Wildman–Crippen LogP) is -0.289. The third kappa shape index (κ3) is 4.21. The molecule has 2 N–H and O–H groups in total. The van der Waals surface area contributed by atoms with E-state index in [-0.39, 0.29) is 6.04 Å². The van der Waals surface area contributed by atoms with Crippen molar-refractivity contribution in [1.82, 2.24) is 25.6 Å². The van der Waals surface area contributed by atoms with Crippen molar-refractivity contribution in [2.24, 2.45) is 0 Å². The molecule has 3 amide bonds. The fraction of sp³-hybridized carbons (Fsp3) is 0.375. The first-order chi connectivity index (χ1) is 12.4. The minimum Gasteiger partial charge on any atom is -0.451 e. The van der Waals surface area contributed by atoms with Gasteiger partial charge in [0.25, 0.3) is 11.5 Å². The molecule has 0 spiro atoms. The molecule has 0 aliphatic heterocycles. The Morgan fingerprint density at radius 3 is 2.77 bits per heavy atom. The highest BCUT2D eigenvalue weighted by Crippen LogP contribution is 2.18. The van der Waals surface area contributed by atoms with Crippen LogP contribution in [0.2, 0.25) is 0 Å². The summed E-state index contributed by atoms with van der Waals surface area (Å²) in [5.74, 6) is -1.60. The lowest BCUT2D eigenvalue weighted by molar-refractivity contribution is -0.155. The number of nitrogens with zero attached hydrogens (tertiary/aromatic N) is 3. The van der Waals surface area contributed by atoms with E-state index in [1.54, 1.807) is 24.3 Å². The Hall–Kier alpha value is -3.30. The second kappa shape index (κ2) is 7.30. The van der Waals surface area contributed by atoms with Crippen molar-refractivity contribution in [1.29, 1.82) is 0 Å². The molecule has 0 saturated heterocycles. The molecule has 1 aliphatic carbocycles. The SMILES string of the molecule is CC(OC(=O)Cn1nnc2ccccc2c1=O)C(=O)NC(=O)NC1CC1. The van der Waals surface area contributed by atoms with Gasteiger partial charge in [0.05, 0.1) is 5.39 Å². The molecule has 1 aliphatic rings. The van der Waals surface area contributed by atoms with Gasteiger partial charge in [-0.25, -0.2) is 4.79 Å². The number of ether oxygens (including phenoxy) is 1. The fourth-order valence-corrected chi connectivity index (χ4v) is 2.20. The van der Waals surface area contributed by atoms with Gasteiger partial charge in [-0.3, -0.25) is 19.7 Å². The maximum atomic E-state index is 12.3. The van der Waals surface area contributed by atoms with Crippen LogP contribution in [0.4, 0.5) is 4.79 Å². The third-order valence-electron chi connectivity index (χ3n) is 3.73. The van der Waals surface area contributed by atoms with Crippen LogP contribution in [-0.2, 0) is 20.9 Å². The molecule has 1 saturated carbocycles. The summed E-state index contributed by atoms with van der Waals surface area (Å²) in [6, 6.07) is 6.06. The molecule has 10 nitrogen and oxygen atoms in total. The highest BCUT2D eigenvalue weighted by atomic mass is 16.5. The van der Waals surface area contributed by atoms with Crippen molar-refractivity contribution in [3.8, 4) is 0 Å². The van der Waals surface area contributed by atoms with E-state index in [0.717, 1.165) is 17.5 Å². The van der Waals surface area contributed by atoms with Gasteiger partial charge < -0.3 is 10.1 Å². The van der Waals surface area contributed by atoms with Gasteiger partial charge in [0.1, 0.15) is 12.1 Å². The van der Waals surface area contributed by atoms with Crippen LogP contribution < -0.4 is 16.2 Å². The summed E-state index contributed by atoms with van der Waals surface area (Å²) in [6.07, 6.45) is 0.568. The predicted molar refractivity (Wildman–Crippen MR) is 89.0 cm³/mol. The lowest BCUT2D eigenvalue weighted by Gasteiger charge is -2.13. The van der Waals surface area contributed by atoms with Crippen LogP contribution in [0, 0.1) is 0 Å². The molecular weight excluding hydrogens is 342 g/mol. The number of carbonyl (C=O) groups excluding carboxylic acids is 3. The average molecular weight is 359 g/mol. The van der Waals surface area contributed by atoms with Gasteiger partial charge in [-0.15, -0.1) is 5.10 Å². The molecule has 1 fully saturated rings. The molecule has 136 valence electrons. The maximum Gasteiger partial charge on any atom is 0.328 e. The maximum absolute atomic E-state index is 12.3. The zero-order chi connectivity index (χ0) is 18.7. The Morgan fingerprint density at radius 1 is 1.31 bits per heavy atom. The molecular formula is C16H17N5O5. The minimum absolute atomic E-state index is 0.0963. The first-order valence-corrected chi connectivity index (χ1v) is 8.07. The number of amides is 3. The number of esters is 1. The standard InChI is InChI=1S/C16H17N5O5/c1-9(14(23)18-16(25)17-10-6-7-10)26-13(22)8-21-15(24)11-4-2-3-5-12(11)19-20-21/h2-5,9-10H,6-8H2,1H3,(H2,17,18,23,25). The molecule has 2 aromatic rings. The largest absolute Gasteiger partial charge is 0.451 e. The van der Waals surface area contributed by atoms with E-state index < -0.39 is 36.1 Å². The van der Waals surface area contributed by atoms with E-state index in [2.05, 4.69) is 20.9 Å². The van der Waals surface area contributed by atoms with E-state index >= 15 is 0 Å². The van der Waals surface area contributed by atoms with Crippen LogP contribution in [0.15, 0.2) is 29.1 Å². The van der Waals surface area contributed by atoms with Crippen LogP contribution in [0.25, 0.3) is 10.9 Å². The Morgan fingerprint density at radius 2 is 2.04 bits per heavy atom. The van der Waals surface area contributed by atoms with Crippen molar-refractivity contribution in [2.75, 3.05) is 0 Å². The molecule has 1 heterocycles. The zero-order valence-corrected chi connectivity index (χ0v) is 14.0. The van der Waals surface area contributed by atoms with Gasteiger partial charge >= 0.3 is 12.0 Å². The molecule has 0 bridgehead atoms. The summed E-state index contributed by atoms with van der Waals surface area (Å²) in [6.45, 7) is 0.828. The number of imide groups is 1. The number of nitrogens with one attached hydrogen (secondary N) is 2. The Balaban J connectivity index is 1.57. The summed E-state index contributed by atoms with van der Waals surface area (Å²) < 4.78 is 5.80. The molecule has 1 unspecified atom stereocenters.